The molecule has 1 aliphatic rings. The molecule has 0 unspecified atom stereocenters. The Kier molecular flexibility index (Phi) is 28.2. The van der Waals surface area contributed by atoms with E-state index in [1.165, 1.54) is 32.1 Å². The molecule has 1 aliphatic heterocycles. The van der Waals surface area contributed by atoms with E-state index in [0.29, 0.717) is 0 Å². The number of rotatable bonds is 3. The third-order valence-electron chi connectivity index (χ3n) is 1.68. The van der Waals surface area contributed by atoms with Gasteiger partial charge in [0, 0.05) is 13.2 Å². The van der Waals surface area contributed by atoms with Crippen LogP contribution in [0.2, 0.25) is 0 Å². The molecule has 0 radical (unpaired) electrons. The smallest absolute Gasteiger partial charge is 1.00 e. The Morgan fingerprint density at radius 2 is 1.69 bits per heavy atom. The number of halogens is 1. The summed E-state index contributed by atoms with van der Waals surface area (Å²) in [5, 5.41) is 0. The Labute approximate surface area is 106 Å². The summed E-state index contributed by atoms with van der Waals surface area (Å²) in [4.78, 5) is 0. The third kappa shape index (κ3) is 19.4. The SMILES string of the molecule is C1CCOC1.[CH2-]CCCCC.[Cl-].[Mg+2]. The maximum Gasteiger partial charge on any atom is 2.00 e. The van der Waals surface area contributed by atoms with E-state index in [-0.39, 0.29) is 35.5 Å². The van der Waals surface area contributed by atoms with Crippen molar-refractivity contribution in [1.82, 2.24) is 0 Å². The Morgan fingerprint density at radius 1 is 1.15 bits per heavy atom. The van der Waals surface area contributed by atoms with Crippen LogP contribution in [0.3, 0.4) is 0 Å². The van der Waals surface area contributed by atoms with Gasteiger partial charge in [-0.1, -0.05) is 26.2 Å². The van der Waals surface area contributed by atoms with Crippen molar-refractivity contribution in [3.05, 3.63) is 6.92 Å². The maximum atomic E-state index is 4.94. The van der Waals surface area contributed by atoms with Gasteiger partial charge in [-0.05, 0) is 12.8 Å². The second-order valence-corrected chi connectivity index (χ2v) is 2.88. The summed E-state index contributed by atoms with van der Waals surface area (Å²) in [5.41, 5.74) is 0. The fourth-order valence-corrected chi connectivity index (χ4v) is 0.937. The Balaban J connectivity index is -0.000000134. The molecule has 1 saturated heterocycles. The van der Waals surface area contributed by atoms with E-state index in [2.05, 4.69) is 13.8 Å². The van der Waals surface area contributed by atoms with Crippen molar-refractivity contribution < 1.29 is 17.1 Å². The van der Waals surface area contributed by atoms with Gasteiger partial charge in [-0.3, -0.25) is 0 Å². The van der Waals surface area contributed by atoms with Crippen LogP contribution < -0.4 is 12.4 Å². The number of hydrogen-bond acceptors (Lipinski definition) is 1. The van der Waals surface area contributed by atoms with Gasteiger partial charge in [-0.2, -0.15) is 6.42 Å². The third-order valence-corrected chi connectivity index (χ3v) is 1.68. The summed E-state index contributed by atoms with van der Waals surface area (Å²) in [6, 6.07) is 0. The molecule has 1 nitrogen and oxygen atoms in total. The summed E-state index contributed by atoms with van der Waals surface area (Å²) < 4.78 is 4.94. The summed E-state index contributed by atoms with van der Waals surface area (Å²) >= 11 is 0. The monoisotopic (exact) mass is 216 g/mol. The fraction of sp³-hybridized carbons (Fsp3) is 0.900. The van der Waals surface area contributed by atoms with E-state index in [1.807, 2.05) is 0 Å². The molecule has 3 heteroatoms. The van der Waals surface area contributed by atoms with Gasteiger partial charge in [0.1, 0.15) is 0 Å². The van der Waals surface area contributed by atoms with Gasteiger partial charge in [0.2, 0.25) is 0 Å². The van der Waals surface area contributed by atoms with Gasteiger partial charge in [-0.25, -0.2) is 0 Å². The fourth-order valence-electron chi connectivity index (χ4n) is 0.937. The van der Waals surface area contributed by atoms with Gasteiger partial charge in [0.25, 0.3) is 0 Å². The predicted molar refractivity (Wildman–Crippen MR) is 55.3 cm³/mol. The molecule has 0 saturated carbocycles. The molecule has 0 aromatic heterocycles. The van der Waals surface area contributed by atoms with Crippen LogP contribution in [0.15, 0.2) is 0 Å². The van der Waals surface area contributed by atoms with Gasteiger partial charge < -0.3 is 24.1 Å². The largest absolute Gasteiger partial charge is 2.00 e. The second kappa shape index (κ2) is 18.7. The average molecular weight is 217 g/mol. The molecule has 0 aromatic rings. The van der Waals surface area contributed by atoms with Crippen LogP contribution in [0.1, 0.15) is 45.4 Å². The van der Waals surface area contributed by atoms with Crippen LogP contribution in [-0.4, -0.2) is 36.3 Å². The van der Waals surface area contributed by atoms with E-state index < -0.39 is 0 Å². The summed E-state index contributed by atoms with van der Waals surface area (Å²) in [7, 11) is 0. The molecule has 0 spiro atoms. The van der Waals surface area contributed by atoms with E-state index in [9.17, 15) is 0 Å². The summed E-state index contributed by atoms with van der Waals surface area (Å²) in [6.07, 6.45) is 7.63. The van der Waals surface area contributed by atoms with Crippen LogP contribution in [0.25, 0.3) is 0 Å². The zero-order valence-corrected chi connectivity index (χ0v) is 11.0. The molecule has 76 valence electrons. The van der Waals surface area contributed by atoms with Gasteiger partial charge in [-0.15, -0.1) is 0 Å². The van der Waals surface area contributed by atoms with Crippen LogP contribution >= 0.6 is 0 Å². The van der Waals surface area contributed by atoms with Gasteiger partial charge >= 0.3 is 23.1 Å². The number of hydrogen-bond donors (Lipinski definition) is 0. The molecule has 1 fully saturated rings. The van der Waals surface area contributed by atoms with Gasteiger partial charge in [0.05, 0.1) is 0 Å². The first-order chi connectivity index (χ1) is 5.41. The predicted octanol–water partition coefficient (Wildman–Crippen LogP) is -0.179. The standard InChI is InChI=1S/C6H13.C4H8O.ClH.Mg/c1-3-5-6-4-2;1-2-4-5-3-1;;/h1,3-6H2,2H3;1-4H2;1H;/q-1;;;+2/p-1. The Hall–Kier alpha value is 1.02. The minimum atomic E-state index is 0. The van der Waals surface area contributed by atoms with E-state index in [4.69, 9.17) is 4.74 Å². The number of ether oxygens (including phenoxy) is 1. The minimum Gasteiger partial charge on any atom is -1.00 e. The van der Waals surface area contributed by atoms with Crippen molar-refractivity contribution in [3.63, 3.8) is 0 Å². The molecule has 0 aromatic carbocycles. The molecule has 1 rings (SSSR count). The van der Waals surface area contributed by atoms with Crippen LogP contribution in [0, 0.1) is 6.92 Å². The average Bonchev–Trinajstić information content (AvgIpc) is 2.57. The zero-order valence-electron chi connectivity index (χ0n) is 8.86. The van der Waals surface area contributed by atoms with Crippen LogP contribution in [0.4, 0.5) is 0 Å². The van der Waals surface area contributed by atoms with Crippen molar-refractivity contribution in [2.75, 3.05) is 13.2 Å². The van der Waals surface area contributed by atoms with Crippen molar-refractivity contribution in [2.45, 2.75) is 45.4 Å². The molecular formula is C10H21ClMgO. The van der Waals surface area contributed by atoms with Gasteiger partial charge in [0.15, 0.2) is 0 Å². The Morgan fingerprint density at radius 3 is 1.85 bits per heavy atom. The van der Waals surface area contributed by atoms with E-state index in [0.717, 1.165) is 19.6 Å². The molecule has 0 aliphatic carbocycles. The quantitative estimate of drug-likeness (QED) is 0.362. The second-order valence-electron chi connectivity index (χ2n) is 2.88. The van der Waals surface area contributed by atoms with Crippen molar-refractivity contribution in [1.29, 1.82) is 0 Å². The topological polar surface area (TPSA) is 9.23 Å². The number of unbranched alkanes of at least 4 members (excludes halogenated alkanes) is 3. The first kappa shape index (κ1) is 19.6. The molecule has 13 heavy (non-hydrogen) atoms. The zero-order chi connectivity index (χ0) is 8.36. The van der Waals surface area contributed by atoms with Crippen molar-refractivity contribution in [3.8, 4) is 0 Å². The van der Waals surface area contributed by atoms with E-state index in [1.54, 1.807) is 0 Å². The molecule has 0 atom stereocenters. The molecule has 0 amide bonds. The molecule has 0 N–H and O–H groups in total. The minimum absolute atomic E-state index is 0. The summed E-state index contributed by atoms with van der Waals surface area (Å²) in [5.74, 6) is 0. The van der Waals surface area contributed by atoms with Crippen LogP contribution in [0.5, 0.6) is 0 Å². The maximum absolute atomic E-state index is 4.94. The Bertz CT molecular complexity index is 56.3. The van der Waals surface area contributed by atoms with Crippen LogP contribution in [-0.2, 0) is 4.74 Å². The van der Waals surface area contributed by atoms with Crippen molar-refractivity contribution in [2.24, 2.45) is 0 Å². The molecule has 0 bridgehead atoms. The summed E-state index contributed by atoms with van der Waals surface area (Å²) in [6.45, 7) is 7.93. The normalized spacial score (nSPS) is 13.4. The van der Waals surface area contributed by atoms with Crippen molar-refractivity contribution >= 4 is 23.1 Å². The molecule has 1 heterocycles. The van der Waals surface area contributed by atoms with E-state index >= 15 is 0 Å². The first-order valence-corrected chi connectivity index (χ1v) is 4.78. The first-order valence-electron chi connectivity index (χ1n) is 4.78. The molecular weight excluding hydrogens is 196 g/mol.